The van der Waals surface area contributed by atoms with Gasteiger partial charge in [-0.05, 0) is 43.0 Å². The first-order valence-corrected chi connectivity index (χ1v) is 8.20. The van der Waals surface area contributed by atoms with E-state index in [1.165, 1.54) is 0 Å². The van der Waals surface area contributed by atoms with E-state index >= 15 is 0 Å². The van der Waals surface area contributed by atoms with Crippen molar-refractivity contribution < 1.29 is 14.6 Å². The van der Waals surface area contributed by atoms with Crippen molar-refractivity contribution in [3.8, 4) is 5.75 Å². The molecule has 4 nitrogen and oxygen atoms in total. The van der Waals surface area contributed by atoms with Gasteiger partial charge < -0.3 is 15.2 Å². The smallest absolute Gasteiger partial charge is 0.224 e. The molecule has 1 aromatic rings. The van der Waals surface area contributed by atoms with Gasteiger partial charge in [-0.15, -0.1) is 0 Å². The monoisotopic (exact) mass is 297 g/mol. The Hall–Kier alpha value is -1.20. The van der Waals surface area contributed by atoms with Gasteiger partial charge in [-0.1, -0.05) is 12.1 Å². The van der Waals surface area contributed by atoms with Gasteiger partial charge in [0.05, 0.1) is 19.1 Å². The molecule has 1 atom stereocenters. The Morgan fingerprint density at radius 3 is 2.70 bits per heavy atom. The molecule has 0 bridgehead atoms. The summed E-state index contributed by atoms with van der Waals surface area (Å²) in [6.45, 7) is 2.88. The van der Waals surface area contributed by atoms with E-state index in [0.717, 1.165) is 17.1 Å². The first kappa shape index (κ1) is 16.9. The fraction of sp³-hybridized carbons (Fsp3) is 0.533. The second-order valence-electron chi connectivity index (χ2n) is 4.49. The molecule has 5 heteroatoms. The van der Waals surface area contributed by atoms with Gasteiger partial charge in [0, 0.05) is 6.54 Å². The number of hydrogen-bond acceptors (Lipinski definition) is 4. The molecule has 0 saturated carbocycles. The molecule has 0 aliphatic rings. The van der Waals surface area contributed by atoms with Gasteiger partial charge in [-0.25, -0.2) is 0 Å². The molecular weight excluding hydrogens is 274 g/mol. The molecule has 1 amide bonds. The van der Waals surface area contributed by atoms with Crippen LogP contribution in [0.25, 0.3) is 0 Å². The van der Waals surface area contributed by atoms with E-state index in [1.807, 2.05) is 37.4 Å². The number of amides is 1. The predicted molar refractivity (Wildman–Crippen MR) is 83.3 cm³/mol. The topological polar surface area (TPSA) is 58.6 Å². The van der Waals surface area contributed by atoms with Crippen LogP contribution in [-0.2, 0) is 11.2 Å². The van der Waals surface area contributed by atoms with Crippen LogP contribution in [0, 0.1) is 0 Å². The number of rotatable bonds is 9. The van der Waals surface area contributed by atoms with E-state index in [2.05, 4.69) is 5.32 Å². The van der Waals surface area contributed by atoms with Crippen molar-refractivity contribution in [2.75, 3.05) is 25.2 Å². The predicted octanol–water partition coefficient (Wildman–Crippen LogP) is 1.86. The van der Waals surface area contributed by atoms with E-state index in [-0.39, 0.29) is 5.91 Å². The first-order valence-electron chi connectivity index (χ1n) is 6.81. The van der Waals surface area contributed by atoms with Crippen molar-refractivity contribution in [2.24, 2.45) is 0 Å². The third-order valence-corrected chi connectivity index (χ3v) is 3.43. The van der Waals surface area contributed by atoms with Gasteiger partial charge in [-0.2, -0.15) is 11.8 Å². The summed E-state index contributed by atoms with van der Waals surface area (Å²) in [7, 11) is 0. The summed E-state index contributed by atoms with van der Waals surface area (Å²) in [5, 5.41) is 12.4. The maximum atomic E-state index is 11.7. The highest BCUT2D eigenvalue weighted by Crippen LogP contribution is 2.12. The van der Waals surface area contributed by atoms with Crippen LogP contribution in [0.1, 0.15) is 18.9 Å². The fourth-order valence-corrected chi connectivity index (χ4v) is 2.21. The summed E-state index contributed by atoms with van der Waals surface area (Å²) in [5.74, 6) is 1.64. The summed E-state index contributed by atoms with van der Waals surface area (Å²) < 4.78 is 5.35. The van der Waals surface area contributed by atoms with Crippen LogP contribution < -0.4 is 10.1 Å². The highest BCUT2D eigenvalue weighted by molar-refractivity contribution is 7.98. The highest BCUT2D eigenvalue weighted by Gasteiger charge is 2.07. The Kier molecular flexibility index (Phi) is 8.14. The molecule has 0 radical (unpaired) electrons. The molecule has 0 aromatic heterocycles. The summed E-state index contributed by atoms with van der Waals surface area (Å²) in [5.41, 5.74) is 0.935. The average Bonchev–Trinajstić information content (AvgIpc) is 2.45. The van der Waals surface area contributed by atoms with Gasteiger partial charge in [0.2, 0.25) is 5.91 Å². The Bertz CT molecular complexity index is 395. The lowest BCUT2D eigenvalue weighted by atomic mass is 10.1. The molecule has 0 aliphatic heterocycles. The second kappa shape index (κ2) is 9.66. The zero-order valence-electron chi connectivity index (χ0n) is 12.1. The van der Waals surface area contributed by atoms with Crippen LogP contribution in [0.3, 0.4) is 0 Å². The van der Waals surface area contributed by atoms with Crippen LogP contribution in [0.4, 0.5) is 0 Å². The number of aliphatic hydroxyl groups is 1. The third kappa shape index (κ3) is 6.82. The molecule has 0 heterocycles. The Labute approximate surface area is 124 Å². The Morgan fingerprint density at radius 1 is 1.40 bits per heavy atom. The number of benzene rings is 1. The van der Waals surface area contributed by atoms with E-state index < -0.39 is 6.10 Å². The van der Waals surface area contributed by atoms with Gasteiger partial charge in [-0.3, -0.25) is 4.79 Å². The standard InChI is InChI=1S/C15H23NO3S/c1-3-19-14-6-4-12(5-7-14)10-15(18)16-11-13(17)8-9-20-2/h4-7,13,17H,3,8-11H2,1-2H3,(H,16,18). The molecular formula is C15H23NO3S. The number of thioether (sulfide) groups is 1. The summed E-state index contributed by atoms with van der Waals surface area (Å²) in [6.07, 6.45) is 2.55. The van der Waals surface area contributed by atoms with Crippen LogP contribution in [-0.4, -0.2) is 42.3 Å². The molecule has 1 rings (SSSR count). The van der Waals surface area contributed by atoms with E-state index in [4.69, 9.17) is 4.74 Å². The normalized spacial score (nSPS) is 11.9. The van der Waals surface area contributed by atoms with Crippen LogP contribution >= 0.6 is 11.8 Å². The lowest BCUT2D eigenvalue weighted by Crippen LogP contribution is -2.33. The van der Waals surface area contributed by atoms with Crippen molar-refractivity contribution in [2.45, 2.75) is 25.9 Å². The van der Waals surface area contributed by atoms with E-state index in [9.17, 15) is 9.90 Å². The van der Waals surface area contributed by atoms with Crippen LogP contribution in [0.2, 0.25) is 0 Å². The van der Waals surface area contributed by atoms with Gasteiger partial charge in [0.25, 0.3) is 0 Å². The van der Waals surface area contributed by atoms with E-state index in [0.29, 0.717) is 26.0 Å². The van der Waals surface area contributed by atoms with Gasteiger partial charge in [0.1, 0.15) is 5.75 Å². The Balaban J connectivity index is 2.31. The van der Waals surface area contributed by atoms with Crippen molar-refractivity contribution in [1.29, 1.82) is 0 Å². The molecule has 0 spiro atoms. The molecule has 20 heavy (non-hydrogen) atoms. The number of carbonyl (C=O) groups excluding carboxylic acids is 1. The first-order chi connectivity index (χ1) is 9.65. The molecule has 112 valence electrons. The molecule has 2 N–H and O–H groups in total. The van der Waals surface area contributed by atoms with Crippen molar-refractivity contribution >= 4 is 17.7 Å². The molecule has 1 aromatic carbocycles. The largest absolute Gasteiger partial charge is 0.494 e. The Morgan fingerprint density at radius 2 is 2.10 bits per heavy atom. The number of hydrogen-bond donors (Lipinski definition) is 2. The lowest BCUT2D eigenvalue weighted by molar-refractivity contribution is -0.120. The molecule has 1 unspecified atom stereocenters. The van der Waals surface area contributed by atoms with Crippen molar-refractivity contribution in [3.05, 3.63) is 29.8 Å². The summed E-state index contributed by atoms with van der Waals surface area (Å²) in [6, 6.07) is 7.49. The minimum atomic E-state index is -0.466. The fourth-order valence-electron chi connectivity index (χ4n) is 1.71. The highest BCUT2D eigenvalue weighted by atomic mass is 32.2. The average molecular weight is 297 g/mol. The quantitative estimate of drug-likeness (QED) is 0.730. The maximum Gasteiger partial charge on any atom is 0.224 e. The zero-order valence-corrected chi connectivity index (χ0v) is 12.9. The minimum Gasteiger partial charge on any atom is -0.494 e. The van der Waals surface area contributed by atoms with E-state index in [1.54, 1.807) is 11.8 Å². The third-order valence-electron chi connectivity index (χ3n) is 2.79. The summed E-state index contributed by atoms with van der Waals surface area (Å²) >= 11 is 1.69. The molecule has 0 aliphatic carbocycles. The maximum absolute atomic E-state index is 11.7. The number of aliphatic hydroxyl groups excluding tert-OH is 1. The van der Waals surface area contributed by atoms with Gasteiger partial charge >= 0.3 is 0 Å². The van der Waals surface area contributed by atoms with Crippen LogP contribution in [0.5, 0.6) is 5.75 Å². The van der Waals surface area contributed by atoms with Crippen LogP contribution in [0.15, 0.2) is 24.3 Å². The number of nitrogens with one attached hydrogen (secondary N) is 1. The number of ether oxygens (including phenoxy) is 1. The molecule has 0 saturated heterocycles. The van der Waals surface area contributed by atoms with Gasteiger partial charge in [0.15, 0.2) is 0 Å². The zero-order chi connectivity index (χ0) is 14.8. The second-order valence-corrected chi connectivity index (χ2v) is 5.48. The SMILES string of the molecule is CCOc1ccc(CC(=O)NCC(O)CCSC)cc1. The molecule has 0 fully saturated rings. The summed E-state index contributed by atoms with van der Waals surface area (Å²) in [4.78, 5) is 11.7. The van der Waals surface area contributed by atoms with Crippen molar-refractivity contribution in [3.63, 3.8) is 0 Å². The number of carbonyl (C=O) groups is 1. The lowest BCUT2D eigenvalue weighted by Gasteiger charge is -2.11. The van der Waals surface area contributed by atoms with Crippen molar-refractivity contribution in [1.82, 2.24) is 5.32 Å². The minimum absolute atomic E-state index is 0.0719.